The van der Waals surface area contributed by atoms with Crippen molar-refractivity contribution in [2.45, 2.75) is 88.8 Å². The summed E-state index contributed by atoms with van der Waals surface area (Å²) in [6.45, 7) is 2.33. The van der Waals surface area contributed by atoms with E-state index in [1.165, 1.54) is 81.5 Å². The normalized spacial score (nSPS) is 29.6. The minimum absolute atomic E-state index is 0.111. The van der Waals surface area contributed by atoms with Crippen molar-refractivity contribution in [3.63, 3.8) is 0 Å². The maximum atomic E-state index is 13.2. The third kappa shape index (κ3) is 5.07. The summed E-state index contributed by atoms with van der Waals surface area (Å²) in [6, 6.07) is 23.5. The molecule has 4 rings (SSSR count). The number of unbranched alkanes of at least 4 members (excludes halogenated alkanes) is 2. The van der Waals surface area contributed by atoms with Gasteiger partial charge in [-0.25, -0.2) is 4.39 Å². The fourth-order valence-electron chi connectivity index (χ4n) is 6.51. The summed E-state index contributed by atoms with van der Waals surface area (Å²) in [5, 5.41) is 1.74. The first kappa shape index (κ1) is 21.8. The second-order valence-electron chi connectivity index (χ2n) is 10.1. The molecule has 0 N–H and O–H groups in total. The zero-order chi connectivity index (χ0) is 20.8. The van der Waals surface area contributed by atoms with Crippen LogP contribution < -0.4 is 5.19 Å². The van der Waals surface area contributed by atoms with Crippen LogP contribution in [0.25, 0.3) is 0 Å². The summed E-state index contributed by atoms with van der Waals surface area (Å²) in [6.07, 6.45) is 12.5. The molecule has 2 aromatic rings. The first-order valence-electron chi connectivity index (χ1n) is 12.5. The van der Waals surface area contributed by atoms with E-state index in [2.05, 4.69) is 37.3 Å². The van der Waals surface area contributed by atoms with E-state index in [-0.39, 0.29) is 5.82 Å². The number of benzene rings is 2. The number of rotatable bonds is 7. The fourth-order valence-corrected chi connectivity index (χ4v) is 11.8. The Balaban J connectivity index is 1.34. The summed E-state index contributed by atoms with van der Waals surface area (Å²) < 4.78 is 13.2. The topological polar surface area (TPSA) is 0 Å². The standard InChI is InChI=1S/C28H39FSi/c1-2-3-7-20-30(28-8-5-4-6-9-28)21-18-26(19-22-30)24-12-10-23(11-13-24)25-14-16-27(29)17-15-25/h4-6,8-9,14-17,23-24,26H,2-3,7,10-13,18-22H2,1H3. The summed E-state index contributed by atoms with van der Waals surface area (Å²) in [4.78, 5) is 0. The summed E-state index contributed by atoms with van der Waals surface area (Å²) in [5.74, 6) is 2.42. The van der Waals surface area contributed by atoms with Crippen LogP contribution in [0.3, 0.4) is 0 Å². The highest BCUT2D eigenvalue weighted by Crippen LogP contribution is 2.45. The van der Waals surface area contributed by atoms with Gasteiger partial charge in [0.15, 0.2) is 0 Å². The van der Waals surface area contributed by atoms with Crippen molar-refractivity contribution >= 4 is 13.3 Å². The van der Waals surface area contributed by atoms with Gasteiger partial charge in [0, 0.05) is 0 Å². The average molecular weight is 423 g/mol. The Hall–Kier alpha value is -1.41. The average Bonchev–Trinajstić information content (AvgIpc) is 2.81. The van der Waals surface area contributed by atoms with E-state index >= 15 is 0 Å². The van der Waals surface area contributed by atoms with Gasteiger partial charge in [-0.3, -0.25) is 0 Å². The van der Waals surface area contributed by atoms with Crippen molar-refractivity contribution < 1.29 is 4.39 Å². The van der Waals surface area contributed by atoms with Gasteiger partial charge in [0.05, 0.1) is 8.07 Å². The lowest BCUT2D eigenvalue weighted by Gasteiger charge is -2.43. The molecule has 2 aliphatic rings. The van der Waals surface area contributed by atoms with Crippen LogP contribution in [0.2, 0.25) is 18.1 Å². The van der Waals surface area contributed by atoms with Crippen molar-refractivity contribution in [1.82, 2.24) is 0 Å². The second kappa shape index (κ2) is 10.3. The van der Waals surface area contributed by atoms with Crippen LogP contribution in [0.4, 0.5) is 4.39 Å². The smallest absolute Gasteiger partial charge is 0.123 e. The van der Waals surface area contributed by atoms with Gasteiger partial charge in [0.1, 0.15) is 5.82 Å². The van der Waals surface area contributed by atoms with Gasteiger partial charge in [0.2, 0.25) is 0 Å². The molecule has 0 unspecified atom stereocenters. The molecular formula is C28H39FSi. The molecular weight excluding hydrogens is 383 g/mol. The molecule has 0 amide bonds. The van der Waals surface area contributed by atoms with E-state index in [4.69, 9.17) is 0 Å². The molecule has 2 aromatic carbocycles. The van der Waals surface area contributed by atoms with Crippen LogP contribution in [0.15, 0.2) is 54.6 Å². The van der Waals surface area contributed by atoms with Crippen LogP contribution in [-0.2, 0) is 0 Å². The Bertz CT molecular complexity index is 753. The van der Waals surface area contributed by atoms with Gasteiger partial charge in [-0.05, 0) is 61.1 Å². The lowest BCUT2D eigenvalue weighted by atomic mass is 9.72. The van der Waals surface area contributed by atoms with Gasteiger partial charge < -0.3 is 0 Å². The molecule has 1 heterocycles. The van der Waals surface area contributed by atoms with Crippen molar-refractivity contribution in [3.05, 3.63) is 66.0 Å². The van der Waals surface area contributed by atoms with E-state index < -0.39 is 8.07 Å². The molecule has 2 fully saturated rings. The van der Waals surface area contributed by atoms with Gasteiger partial charge in [0.25, 0.3) is 0 Å². The summed E-state index contributed by atoms with van der Waals surface area (Å²) in [7, 11) is -1.31. The fraction of sp³-hybridized carbons (Fsp3) is 0.571. The predicted molar refractivity (Wildman–Crippen MR) is 130 cm³/mol. The maximum Gasteiger partial charge on any atom is 0.123 e. The molecule has 1 aliphatic heterocycles. The van der Waals surface area contributed by atoms with E-state index in [1.54, 1.807) is 17.3 Å². The monoisotopic (exact) mass is 422 g/mol. The number of hydrogen-bond acceptors (Lipinski definition) is 0. The largest absolute Gasteiger partial charge is 0.207 e. The molecule has 0 spiro atoms. The van der Waals surface area contributed by atoms with Gasteiger partial charge in [-0.15, -0.1) is 0 Å². The Labute approximate surface area is 184 Å². The molecule has 0 nitrogen and oxygen atoms in total. The van der Waals surface area contributed by atoms with Gasteiger partial charge in [-0.2, -0.15) is 0 Å². The number of hydrogen-bond donors (Lipinski definition) is 0. The zero-order valence-electron chi connectivity index (χ0n) is 18.8. The Kier molecular flexibility index (Phi) is 7.46. The lowest BCUT2D eigenvalue weighted by Crippen LogP contribution is -2.50. The Morgan fingerprint density at radius 2 is 1.40 bits per heavy atom. The van der Waals surface area contributed by atoms with Crippen LogP contribution in [0.5, 0.6) is 0 Å². The van der Waals surface area contributed by atoms with Crippen LogP contribution in [0.1, 0.15) is 76.2 Å². The molecule has 0 atom stereocenters. The minimum atomic E-state index is -1.31. The molecule has 2 heteroatoms. The van der Waals surface area contributed by atoms with Crippen molar-refractivity contribution in [3.8, 4) is 0 Å². The molecule has 1 aliphatic carbocycles. The van der Waals surface area contributed by atoms with Crippen LogP contribution in [0, 0.1) is 17.7 Å². The molecule has 0 radical (unpaired) electrons. The molecule has 30 heavy (non-hydrogen) atoms. The van der Waals surface area contributed by atoms with Crippen molar-refractivity contribution in [2.24, 2.45) is 11.8 Å². The predicted octanol–water partition coefficient (Wildman–Crippen LogP) is 8.06. The van der Waals surface area contributed by atoms with Crippen molar-refractivity contribution in [1.29, 1.82) is 0 Å². The van der Waals surface area contributed by atoms with E-state index in [0.29, 0.717) is 5.92 Å². The van der Waals surface area contributed by atoms with Crippen molar-refractivity contribution in [2.75, 3.05) is 0 Å². The third-order valence-corrected chi connectivity index (χ3v) is 13.8. The Morgan fingerprint density at radius 3 is 2.03 bits per heavy atom. The maximum absolute atomic E-state index is 13.2. The summed E-state index contributed by atoms with van der Waals surface area (Å²) in [5.41, 5.74) is 1.35. The van der Waals surface area contributed by atoms with E-state index in [0.717, 1.165) is 11.8 Å². The first-order valence-corrected chi connectivity index (χ1v) is 15.1. The first-order chi connectivity index (χ1) is 14.7. The molecule has 1 saturated carbocycles. The zero-order valence-corrected chi connectivity index (χ0v) is 19.8. The van der Waals surface area contributed by atoms with Crippen LogP contribution in [-0.4, -0.2) is 8.07 Å². The number of halogens is 1. The second-order valence-corrected chi connectivity index (χ2v) is 14.7. The Morgan fingerprint density at radius 1 is 0.767 bits per heavy atom. The van der Waals surface area contributed by atoms with Gasteiger partial charge >= 0.3 is 0 Å². The molecule has 162 valence electrons. The van der Waals surface area contributed by atoms with E-state index in [9.17, 15) is 4.39 Å². The van der Waals surface area contributed by atoms with Gasteiger partial charge in [-0.1, -0.05) is 105 Å². The third-order valence-electron chi connectivity index (χ3n) is 8.41. The lowest BCUT2D eigenvalue weighted by molar-refractivity contribution is 0.215. The van der Waals surface area contributed by atoms with E-state index in [1.807, 2.05) is 12.1 Å². The minimum Gasteiger partial charge on any atom is -0.207 e. The molecule has 0 bridgehead atoms. The molecule has 0 aromatic heterocycles. The highest BCUT2D eigenvalue weighted by Gasteiger charge is 2.40. The quantitative estimate of drug-likeness (QED) is 0.313. The highest BCUT2D eigenvalue weighted by molar-refractivity contribution is 6.92. The summed E-state index contributed by atoms with van der Waals surface area (Å²) >= 11 is 0. The van der Waals surface area contributed by atoms with Crippen LogP contribution >= 0.6 is 0 Å². The molecule has 1 saturated heterocycles. The SMILES string of the molecule is CCCCC[Si]1(c2ccccc2)CCC(C2CCC(c3ccc(F)cc3)CC2)CC1. The highest BCUT2D eigenvalue weighted by atomic mass is 28.3.